The third-order valence-corrected chi connectivity index (χ3v) is 1.23. The largest absolute Gasteiger partial charge is 0.479 e. The molecule has 0 saturated heterocycles. The molecule has 0 bridgehead atoms. The van der Waals surface area contributed by atoms with Crippen LogP contribution in [0, 0.1) is 0 Å². The molecule has 0 unspecified atom stereocenters. The Balaban J connectivity index is 2.85. The van der Waals surface area contributed by atoms with Gasteiger partial charge in [0.25, 0.3) is 0 Å². The first-order chi connectivity index (χ1) is 5.22. The first-order valence-electron chi connectivity index (χ1n) is 3.02. The van der Waals surface area contributed by atoms with Crippen LogP contribution in [0.1, 0.15) is 11.7 Å². The highest BCUT2D eigenvalue weighted by molar-refractivity contribution is 5.73. The van der Waals surface area contributed by atoms with Crippen molar-refractivity contribution < 1.29 is 15.0 Å². The summed E-state index contributed by atoms with van der Waals surface area (Å²) < 4.78 is 0. The number of pyridine rings is 1. The van der Waals surface area contributed by atoms with Crippen LogP contribution in [0.3, 0.4) is 0 Å². The number of aliphatic hydroxyl groups excluding tert-OH is 1. The van der Waals surface area contributed by atoms with Crippen molar-refractivity contribution in [3.05, 3.63) is 30.1 Å². The van der Waals surface area contributed by atoms with Gasteiger partial charge in [-0.25, -0.2) is 4.79 Å². The molecule has 0 radical (unpaired) electrons. The summed E-state index contributed by atoms with van der Waals surface area (Å²) >= 11 is 0. The maximum atomic E-state index is 10.2. The van der Waals surface area contributed by atoms with Crippen LogP contribution in [0.2, 0.25) is 0 Å². The Morgan fingerprint density at radius 2 is 2.36 bits per heavy atom. The first kappa shape index (κ1) is 7.68. The molecule has 4 heteroatoms. The average Bonchev–Trinajstić information content (AvgIpc) is 2.05. The molecule has 2 N–H and O–H groups in total. The Kier molecular flexibility index (Phi) is 2.18. The summed E-state index contributed by atoms with van der Waals surface area (Å²) in [5.74, 6) is -1.27. The van der Waals surface area contributed by atoms with Crippen LogP contribution in [0.4, 0.5) is 0 Å². The highest BCUT2D eigenvalue weighted by Crippen LogP contribution is 2.09. The smallest absolute Gasteiger partial charge is 0.337 e. The van der Waals surface area contributed by atoms with E-state index < -0.39 is 12.1 Å². The molecule has 58 valence electrons. The summed E-state index contributed by atoms with van der Waals surface area (Å²) in [7, 11) is 0. The number of rotatable bonds is 2. The normalized spacial score (nSPS) is 12.5. The van der Waals surface area contributed by atoms with Crippen molar-refractivity contribution in [3.63, 3.8) is 0 Å². The second-order valence-electron chi connectivity index (χ2n) is 2.03. The molecule has 0 fully saturated rings. The van der Waals surface area contributed by atoms with Gasteiger partial charge in [0.1, 0.15) is 0 Å². The summed E-state index contributed by atoms with van der Waals surface area (Å²) in [5.41, 5.74) is 0.292. The molecule has 1 heterocycles. The Bertz CT molecular complexity index is 247. The molecule has 1 aromatic rings. The van der Waals surface area contributed by atoms with E-state index in [0.717, 1.165) is 0 Å². The molecule has 0 aliphatic rings. The van der Waals surface area contributed by atoms with Crippen molar-refractivity contribution in [2.45, 2.75) is 6.10 Å². The molecule has 1 atom stereocenters. The van der Waals surface area contributed by atoms with Crippen LogP contribution in [0.25, 0.3) is 0 Å². The number of nitrogens with zero attached hydrogens (tertiary/aromatic N) is 1. The number of carboxylic acid groups (broad SMARTS) is 1. The van der Waals surface area contributed by atoms with Gasteiger partial charge in [-0.3, -0.25) is 4.98 Å². The summed E-state index contributed by atoms with van der Waals surface area (Å²) in [6.45, 7) is 0. The number of carbonyl (C=O) groups is 1. The van der Waals surface area contributed by atoms with Crippen LogP contribution in [0.15, 0.2) is 24.5 Å². The minimum Gasteiger partial charge on any atom is -0.479 e. The maximum Gasteiger partial charge on any atom is 0.337 e. The fourth-order valence-corrected chi connectivity index (χ4v) is 0.680. The molecular formula is C7H7NO3. The van der Waals surface area contributed by atoms with E-state index in [1.165, 1.54) is 18.5 Å². The van der Waals surface area contributed by atoms with Crippen molar-refractivity contribution >= 4 is 5.97 Å². The van der Waals surface area contributed by atoms with Crippen LogP contribution in [0.5, 0.6) is 0 Å². The van der Waals surface area contributed by atoms with Gasteiger partial charge in [-0.1, -0.05) is 6.07 Å². The maximum absolute atomic E-state index is 10.2. The van der Waals surface area contributed by atoms with Crippen LogP contribution in [-0.2, 0) is 4.79 Å². The van der Waals surface area contributed by atoms with E-state index in [4.69, 9.17) is 10.2 Å². The number of hydrogen-bond donors (Lipinski definition) is 2. The number of carboxylic acids is 1. The van der Waals surface area contributed by atoms with Gasteiger partial charge in [0.15, 0.2) is 6.10 Å². The van der Waals surface area contributed by atoms with E-state index in [2.05, 4.69) is 4.98 Å². The fraction of sp³-hybridized carbons (Fsp3) is 0.143. The Morgan fingerprint density at radius 3 is 2.82 bits per heavy atom. The van der Waals surface area contributed by atoms with Gasteiger partial charge in [0.05, 0.1) is 0 Å². The zero-order valence-corrected chi connectivity index (χ0v) is 5.64. The SMILES string of the molecule is O=C(O)[C@@H](O)c1cccnc1. The summed E-state index contributed by atoms with van der Waals surface area (Å²) in [4.78, 5) is 13.9. The zero-order chi connectivity index (χ0) is 8.27. The molecule has 4 nitrogen and oxygen atoms in total. The van der Waals surface area contributed by atoms with Crippen molar-refractivity contribution in [1.82, 2.24) is 4.98 Å². The lowest BCUT2D eigenvalue weighted by Crippen LogP contribution is -2.10. The molecule has 1 rings (SSSR count). The van der Waals surface area contributed by atoms with Crippen molar-refractivity contribution in [3.8, 4) is 0 Å². The predicted molar refractivity (Wildman–Crippen MR) is 36.8 cm³/mol. The minimum absolute atomic E-state index is 0.292. The van der Waals surface area contributed by atoms with E-state index in [1.807, 2.05) is 0 Å². The van der Waals surface area contributed by atoms with Crippen LogP contribution in [-0.4, -0.2) is 21.2 Å². The van der Waals surface area contributed by atoms with E-state index in [0.29, 0.717) is 5.56 Å². The fourth-order valence-electron chi connectivity index (χ4n) is 0.680. The third kappa shape index (κ3) is 1.75. The summed E-state index contributed by atoms with van der Waals surface area (Å²) in [6.07, 6.45) is 1.36. The molecule has 11 heavy (non-hydrogen) atoms. The highest BCUT2D eigenvalue weighted by Gasteiger charge is 2.14. The molecule has 0 aromatic carbocycles. The summed E-state index contributed by atoms with van der Waals surface area (Å²) in [5, 5.41) is 17.3. The minimum atomic E-state index is -1.47. The number of hydrogen-bond acceptors (Lipinski definition) is 3. The van der Waals surface area contributed by atoms with E-state index in [9.17, 15) is 4.79 Å². The van der Waals surface area contributed by atoms with Crippen molar-refractivity contribution in [2.75, 3.05) is 0 Å². The van der Waals surface area contributed by atoms with Crippen molar-refractivity contribution in [1.29, 1.82) is 0 Å². The molecule has 0 saturated carbocycles. The number of aliphatic carboxylic acids is 1. The highest BCUT2D eigenvalue weighted by atomic mass is 16.4. The lowest BCUT2D eigenvalue weighted by molar-refractivity contribution is -0.146. The van der Waals surface area contributed by atoms with Gasteiger partial charge in [-0.2, -0.15) is 0 Å². The summed E-state index contributed by atoms with van der Waals surface area (Å²) in [6, 6.07) is 3.08. The quantitative estimate of drug-likeness (QED) is 0.636. The second-order valence-corrected chi connectivity index (χ2v) is 2.03. The number of aliphatic hydroxyl groups is 1. The monoisotopic (exact) mass is 153 g/mol. The lowest BCUT2D eigenvalue weighted by atomic mass is 10.2. The van der Waals surface area contributed by atoms with Gasteiger partial charge >= 0.3 is 5.97 Å². The first-order valence-corrected chi connectivity index (χ1v) is 3.02. The van der Waals surface area contributed by atoms with E-state index >= 15 is 0 Å². The predicted octanol–water partition coefficient (Wildman–Crippen LogP) is 0.200. The Hall–Kier alpha value is -1.42. The topological polar surface area (TPSA) is 70.4 Å². The third-order valence-electron chi connectivity index (χ3n) is 1.23. The van der Waals surface area contributed by atoms with E-state index in [-0.39, 0.29) is 0 Å². The van der Waals surface area contributed by atoms with Crippen LogP contribution < -0.4 is 0 Å². The number of aromatic nitrogens is 1. The lowest BCUT2D eigenvalue weighted by Gasteiger charge is -2.02. The molecular weight excluding hydrogens is 146 g/mol. The molecule has 0 aliphatic carbocycles. The van der Waals surface area contributed by atoms with Gasteiger partial charge in [-0.05, 0) is 6.07 Å². The van der Waals surface area contributed by atoms with Crippen molar-refractivity contribution in [2.24, 2.45) is 0 Å². The molecule has 0 aliphatic heterocycles. The second kappa shape index (κ2) is 3.12. The van der Waals surface area contributed by atoms with Gasteiger partial charge in [0, 0.05) is 18.0 Å². The molecule has 0 amide bonds. The Morgan fingerprint density at radius 1 is 1.64 bits per heavy atom. The Labute approximate surface area is 63.1 Å². The molecule has 1 aromatic heterocycles. The van der Waals surface area contributed by atoms with Crippen LogP contribution >= 0.6 is 0 Å². The zero-order valence-electron chi connectivity index (χ0n) is 5.64. The van der Waals surface area contributed by atoms with Gasteiger partial charge in [-0.15, -0.1) is 0 Å². The van der Waals surface area contributed by atoms with E-state index in [1.54, 1.807) is 6.07 Å². The van der Waals surface area contributed by atoms with Gasteiger partial charge < -0.3 is 10.2 Å². The average molecular weight is 153 g/mol. The molecule has 0 spiro atoms. The van der Waals surface area contributed by atoms with Gasteiger partial charge in [0.2, 0.25) is 0 Å². The standard InChI is InChI=1S/C7H7NO3/c9-6(7(10)11)5-2-1-3-8-4-5/h1-4,6,9H,(H,10,11)/t6-/m0/s1.